The number of ether oxygens (including phenoxy) is 1. The molecule has 1 aliphatic heterocycles. The van der Waals surface area contributed by atoms with E-state index in [0.717, 1.165) is 27.8 Å². The molecule has 0 N–H and O–H groups in total. The van der Waals surface area contributed by atoms with Gasteiger partial charge in [-0.1, -0.05) is 66.7 Å². The van der Waals surface area contributed by atoms with Gasteiger partial charge < -0.3 is 4.74 Å². The van der Waals surface area contributed by atoms with Gasteiger partial charge in [-0.25, -0.2) is 0 Å². The Morgan fingerprint density at radius 2 is 1.48 bits per heavy atom. The molecule has 4 rings (SSSR count). The van der Waals surface area contributed by atoms with Gasteiger partial charge in [0.05, 0.1) is 4.92 Å². The van der Waals surface area contributed by atoms with Gasteiger partial charge in [0.2, 0.25) is 5.75 Å². The maximum Gasteiger partial charge on any atom is 0.311 e. The fraction of sp³-hybridized carbons (Fsp3) is 0.130. The molecule has 1 aliphatic rings. The Morgan fingerprint density at radius 1 is 0.926 bits per heavy atom. The van der Waals surface area contributed by atoms with Gasteiger partial charge in [0.25, 0.3) is 0 Å². The molecule has 0 unspecified atom stereocenters. The van der Waals surface area contributed by atoms with Gasteiger partial charge in [0.15, 0.2) is 5.60 Å². The second kappa shape index (κ2) is 6.40. The molecule has 0 bridgehead atoms. The van der Waals surface area contributed by atoms with Gasteiger partial charge in [-0.15, -0.1) is 0 Å². The van der Waals surface area contributed by atoms with E-state index in [1.54, 1.807) is 6.07 Å². The normalized spacial score (nSPS) is 14.3. The average Bonchev–Trinajstić information content (AvgIpc) is 2.71. The van der Waals surface area contributed by atoms with Crippen LogP contribution in [0.15, 0.2) is 72.8 Å². The molecule has 4 nitrogen and oxygen atoms in total. The Morgan fingerprint density at radius 3 is 2.00 bits per heavy atom. The van der Waals surface area contributed by atoms with Gasteiger partial charge >= 0.3 is 5.69 Å². The molecule has 0 fully saturated rings. The molecule has 0 radical (unpaired) electrons. The molecule has 0 spiro atoms. The summed E-state index contributed by atoms with van der Waals surface area (Å²) in [5.74, 6) is 0.318. The van der Waals surface area contributed by atoms with Crippen LogP contribution in [0.1, 0.15) is 27.8 Å². The van der Waals surface area contributed by atoms with E-state index >= 15 is 0 Å². The van der Waals surface area contributed by atoms with Crippen molar-refractivity contribution in [3.63, 3.8) is 0 Å². The zero-order chi connectivity index (χ0) is 19.0. The highest BCUT2D eigenvalue weighted by Gasteiger charge is 2.40. The van der Waals surface area contributed by atoms with Gasteiger partial charge in [-0.05, 0) is 31.1 Å². The number of nitrogens with zero attached hydrogens (tertiary/aromatic N) is 1. The van der Waals surface area contributed by atoms with Crippen LogP contribution >= 0.6 is 0 Å². The molecule has 4 heteroatoms. The maximum absolute atomic E-state index is 11.7. The lowest BCUT2D eigenvalue weighted by Gasteiger charge is -2.36. The Bertz CT molecular complexity index is 1000. The highest BCUT2D eigenvalue weighted by Crippen LogP contribution is 2.47. The molecule has 0 saturated heterocycles. The molecule has 27 heavy (non-hydrogen) atoms. The van der Waals surface area contributed by atoms with Crippen LogP contribution < -0.4 is 4.74 Å². The predicted octanol–water partition coefficient (Wildman–Crippen LogP) is 5.56. The van der Waals surface area contributed by atoms with Gasteiger partial charge in [0, 0.05) is 22.8 Å². The Balaban J connectivity index is 2.00. The number of aryl methyl sites for hydroxylation is 1. The number of benzene rings is 3. The third-order valence-electron chi connectivity index (χ3n) is 5.18. The Labute approximate surface area is 157 Å². The topological polar surface area (TPSA) is 52.4 Å². The van der Waals surface area contributed by atoms with E-state index in [0.29, 0.717) is 5.75 Å². The highest BCUT2D eigenvalue weighted by atomic mass is 16.6. The van der Waals surface area contributed by atoms with Crippen molar-refractivity contribution >= 4 is 11.8 Å². The van der Waals surface area contributed by atoms with Gasteiger partial charge in [-0.3, -0.25) is 10.1 Å². The summed E-state index contributed by atoms with van der Waals surface area (Å²) < 4.78 is 6.49. The first-order valence-electron chi connectivity index (χ1n) is 8.81. The van der Waals surface area contributed by atoms with Crippen LogP contribution in [0.25, 0.3) is 6.08 Å². The molecular weight excluding hydrogens is 338 g/mol. The lowest BCUT2D eigenvalue weighted by atomic mass is 9.83. The molecule has 134 valence electrons. The first kappa shape index (κ1) is 17.0. The molecule has 0 saturated carbocycles. The van der Waals surface area contributed by atoms with E-state index in [9.17, 15) is 10.1 Å². The van der Waals surface area contributed by atoms with Crippen molar-refractivity contribution in [1.29, 1.82) is 0 Å². The minimum absolute atomic E-state index is 0.00585. The second-order valence-electron chi connectivity index (χ2n) is 6.74. The van der Waals surface area contributed by atoms with E-state index in [2.05, 4.69) is 0 Å². The van der Waals surface area contributed by atoms with E-state index in [-0.39, 0.29) is 10.6 Å². The van der Waals surface area contributed by atoms with Crippen molar-refractivity contribution in [2.24, 2.45) is 0 Å². The molecule has 0 aromatic heterocycles. The van der Waals surface area contributed by atoms with Crippen molar-refractivity contribution in [3.05, 3.63) is 111 Å². The number of rotatable bonds is 3. The van der Waals surface area contributed by atoms with Crippen LogP contribution in [0.2, 0.25) is 0 Å². The summed E-state index contributed by atoms with van der Waals surface area (Å²) in [6, 6.07) is 21.2. The minimum Gasteiger partial charge on any atom is -0.466 e. The maximum atomic E-state index is 11.7. The molecule has 3 aromatic rings. The summed E-state index contributed by atoms with van der Waals surface area (Å²) in [5.41, 5.74) is 3.55. The third-order valence-corrected chi connectivity index (χ3v) is 5.18. The number of nitro groups is 1. The average molecular weight is 357 g/mol. The zero-order valence-corrected chi connectivity index (χ0v) is 15.2. The fourth-order valence-corrected chi connectivity index (χ4v) is 3.59. The monoisotopic (exact) mass is 357 g/mol. The molecule has 0 atom stereocenters. The largest absolute Gasteiger partial charge is 0.466 e. The number of hydrogen-bond acceptors (Lipinski definition) is 3. The quantitative estimate of drug-likeness (QED) is 0.455. The second-order valence-corrected chi connectivity index (χ2v) is 6.74. The lowest BCUT2D eigenvalue weighted by molar-refractivity contribution is -0.386. The van der Waals surface area contributed by atoms with E-state index in [1.165, 1.54) is 0 Å². The molecule has 1 heterocycles. The van der Waals surface area contributed by atoms with E-state index in [1.807, 2.05) is 86.7 Å². The van der Waals surface area contributed by atoms with Crippen LogP contribution in [-0.2, 0) is 5.60 Å². The van der Waals surface area contributed by atoms with Crippen molar-refractivity contribution in [1.82, 2.24) is 0 Å². The van der Waals surface area contributed by atoms with E-state index in [4.69, 9.17) is 4.74 Å². The SMILES string of the molecule is Cc1cc([N+](=O)[O-])c2c(c1C)C=CC(c1ccccc1)(c1ccccc1)O2. The van der Waals surface area contributed by atoms with Crippen LogP contribution in [0, 0.1) is 24.0 Å². The molecule has 0 aliphatic carbocycles. The summed E-state index contributed by atoms with van der Waals surface area (Å²) >= 11 is 0. The third kappa shape index (κ3) is 2.70. The van der Waals surface area contributed by atoms with Crippen LogP contribution in [0.4, 0.5) is 5.69 Å². The Kier molecular flexibility index (Phi) is 4.04. The summed E-state index contributed by atoms with van der Waals surface area (Å²) in [6.07, 6.45) is 3.95. The van der Waals surface area contributed by atoms with Crippen molar-refractivity contribution in [3.8, 4) is 5.75 Å². The molecule has 3 aromatic carbocycles. The highest BCUT2D eigenvalue weighted by molar-refractivity contribution is 5.73. The predicted molar refractivity (Wildman–Crippen MR) is 106 cm³/mol. The van der Waals surface area contributed by atoms with Crippen LogP contribution in [0.5, 0.6) is 5.75 Å². The standard InChI is InChI=1S/C23H19NO3/c1-16-15-21(24(25)26)22-20(17(16)2)13-14-23(27-22,18-9-5-3-6-10-18)19-11-7-4-8-12-19/h3-15H,1-2H3. The van der Waals surface area contributed by atoms with Crippen molar-refractivity contribution in [2.45, 2.75) is 19.4 Å². The first-order valence-corrected chi connectivity index (χ1v) is 8.81. The smallest absolute Gasteiger partial charge is 0.311 e. The molecule has 0 amide bonds. The lowest BCUT2D eigenvalue weighted by Crippen LogP contribution is -2.34. The number of nitro benzene ring substituents is 1. The van der Waals surface area contributed by atoms with Crippen molar-refractivity contribution in [2.75, 3.05) is 0 Å². The summed E-state index contributed by atoms with van der Waals surface area (Å²) in [5, 5.41) is 11.7. The van der Waals surface area contributed by atoms with Crippen LogP contribution in [0.3, 0.4) is 0 Å². The van der Waals surface area contributed by atoms with Crippen LogP contribution in [-0.4, -0.2) is 4.92 Å². The summed E-state index contributed by atoms with van der Waals surface area (Å²) in [4.78, 5) is 11.4. The van der Waals surface area contributed by atoms with Gasteiger partial charge in [-0.2, -0.15) is 0 Å². The fourth-order valence-electron chi connectivity index (χ4n) is 3.59. The first-order chi connectivity index (χ1) is 13.0. The number of fused-ring (bicyclic) bond motifs is 1. The molecular formula is C23H19NO3. The summed E-state index contributed by atoms with van der Waals surface area (Å²) in [7, 11) is 0. The minimum atomic E-state index is -0.915. The Hall–Kier alpha value is -3.40. The zero-order valence-electron chi connectivity index (χ0n) is 15.2. The van der Waals surface area contributed by atoms with Crippen molar-refractivity contribution < 1.29 is 9.66 Å². The van der Waals surface area contributed by atoms with E-state index < -0.39 is 5.60 Å². The van der Waals surface area contributed by atoms with Gasteiger partial charge in [0.1, 0.15) is 0 Å². The summed E-state index contributed by atoms with van der Waals surface area (Å²) in [6.45, 7) is 3.84. The number of hydrogen-bond donors (Lipinski definition) is 0.